The summed E-state index contributed by atoms with van der Waals surface area (Å²) in [6, 6.07) is 28.9. The molecule has 60 heavy (non-hydrogen) atoms. The van der Waals surface area contributed by atoms with Crippen LogP contribution in [0.25, 0.3) is 32.8 Å². The number of halogens is 1. The average Bonchev–Trinajstić information content (AvgIpc) is 3.77. The number of aromatic nitrogens is 3. The number of esters is 1. The normalized spacial score (nSPS) is 14.0. The standard InChI is InChI=1S/C46H56BrN7O5S/c1-6-57-46(55)45-38(18-11-30-58-42-19-9-14-33-13-7-8-15-36(33)42)37-16-10-17-39(44(37)54(45)25-12-24-48-2)43-40(49-51(5)41(43)31-47)32-59-35-22-20-34(21-23-35)52-26-28-53(29-27-52)60(56)50(3)4/h7-10,13-17,19-23,48H,6,11-12,18,24-32H2,1-5H3. The molecule has 0 bridgehead atoms. The number of hydrogen-bond donors (Lipinski definition) is 1. The molecule has 1 atom stereocenters. The van der Waals surface area contributed by atoms with Crippen LogP contribution in [-0.4, -0.2) is 101 Å². The quantitative estimate of drug-likeness (QED) is 0.0376. The molecule has 14 heteroatoms. The van der Waals surface area contributed by atoms with E-state index in [1.165, 1.54) is 0 Å². The Labute approximate surface area is 364 Å². The van der Waals surface area contributed by atoms with Crippen molar-refractivity contribution in [1.29, 1.82) is 0 Å². The summed E-state index contributed by atoms with van der Waals surface area (Å²) in [7, 11) is 7.59. The zero-order valence-corrected chi connectivity index (χ0v) is 37.7. The van der Waals surface area contributed by atoms with E-state index >= 15 is 0 Å². The van der Waals surface area contributed by atoms with Gasteiger partial charge in [-0.3, -0.25) is 4.68 Å². The molecular formula is C46H56BrN7O5S. The molecular weight excluding hydrogens is 843 g/mol. The molecule has 12 nitrogen and oxygen atoms in total. The van der Waals surface area contributed by atoms with Gasteiger partial charge in [0.2, 0.25) is 0 Å². The van der Waals surface area contributed by atoms with Crippen molar-refractivity contribution in [1.82, 2.24) is 28.3 Å². The van der Waals surface area contributed by atoms with Gasteiger partial charge < -0.3 is 33.5 Å². The zero-order valence-electron chi connectivity index (χ0n) is 35.3. The number of piperazine rings is 1. The summed E-state index contributed by atoms with van der Waals surface area (Å²) >= 11 is 2.65. The van der Waals surface area contributed by atoms with Gasteiger partial charge in [0.1, 0.15) is 41.0 Å². The number of carbonyl (C=O) groups is 1. The Morgan fingerprint density at radius 2 is 1.67 bits per heavy atom. The van der Waals surface area contributed by atoms with Gasteiger partial charge in [-0.05, 0) is 81.1 Å². The Bertz CT molecular complexity index is 2370. The average molecular weight is 899 g/mol. The zero-order chi connectivity index (χ0) is 42.2. The minimum absolute atomic E-state index is 0.254. The molecule has 2 aromatic heterocycles. The van der Waals surface area contributed by atoms with E-state index in [4.69, 9.17) is 19.3 Å². The highest BCUT2D eigenvalue weighted by Crippen LogP contribution is 2.40. The van der Waals surface area contributed by atoms with Crippen LogP contribution in [0.4, 0.5) is 5.69 Å². The first-order valence-corrected chi connectivity index (χ1v) is 22.9. The number of ether oxygens (including phenoxy) is 3. The molecule has 6 aromatic rings. The summed E-state index contributed by atoms with van der Waals surface area (Å²) < 4.78 is 39.0. The van der Waals surface area contributed by atoms with Crippen LogP contribution in [0.3, 0.4) is 0 Å². The second-order valence-corrected chi connectivity index (χ2v) is 17.3. The highest BCUT2D eigenvalue weighted by Gasteiger charge is 2.30. The molecule has 1 saturated heterocycles. The number of nitrogens with zero attached hydrogens (tertiary/aromatic N) is 6. The van der Waals surface area contributed by atoms with E-state index < -0.39 is 11.5 Å². The number of aryl methyl sites for hydroxylation is 3. The van der Waals surface area contributed by atoms with Crippen molar-refractivity contribution in [2.45, 2.75) is 44.7 Å². The van der Waals surface area contributed by atoms with Crippen LogP contribution < -0.4 is 19.7 Å². The first-order chi connectivity index (χ1) is 29.2. The predicted octanol–water partition coefficient (Wildman–Crippen LogP) is 7.73. The van der Waals surface area contributed by atoms with E-state index in [0.29, 0.717) is 37.0 Å². The smallest absolute Gasteiger partial charge is 0.355 e. The number of para-hydroxylation sites is 1. The summed E-state index contributed by atoms with van der Waals surface area (Å²) in [5.41, 5.74) is 7.44. The van der Waals surface area contributed by atoms with Crippen molar-refractivity contribution in [3.05, 3.63) is 108 Å². The number of fused-ring (bicyclic) bond motifs is 2. The van der Waals surface area contributed by atoms with Crippen molar-refractivity contribution in [3.8, 4) is 22.6 Å². The predicted molar refractivity (Wildman–Crippen MR) is 245 cm³/mol. The molecule has 1 aliphatic rings. The Morgan fingerprint density at radius 1 is 0.933 bits per heavy atom. The first kappa shape index (κ1) is 43.5. The summed E-state index contributed by atoms with van der Waals surface area (Å²) in [6.45, 7) is 7.36. The molecule has 4 aromatic carbocycles. The Balaban J connectivity index is 1.18. The van der Waals surface area contributed by atoms with E-state index in [2.05, 4.69) is 79.2 Å². The minimum atomic E-state index is -1.12. The van der Waals surface area contributed by atoms with Crippen molar-refractivity contribution >= 4 is 60.8 Å². The molecule has 0 aliphatic carbocycles. The third-order valence-electron chi connectivity index (χ3n) is 11.0. The highest BCUT2D eigenvalue weighted by molar-refractivity contribution is 9.08. The molecule has 1 aliphatic heterocycles. The lowest BCUT2D eigenvalue weighted by molar-refractivity contribution is 0.0512. The SMILES string of the molecule is CCOC(=O)c1c(CCCOc2cccc3ccccc23)c2cccc(-c3c(COc4ccc(N5CCN([S+]([O-])N(C)C)CC5)cc4)nn(C)c3CBr)c2n1CCCNC. The molecule has 0 saturated carbocycles. The fourth-order valence-corrected chi connectivity index (χ4v) is 9.76. The lowest BCUT2D eigenvalue weighted by atomic mass is 9.98. The number of carbonyl (C=O) groups excluding carboxylic acids is 1. The summed E-state index contributed by atoms with van der Waals surface area (Å²) in [5, 5.41) is 12.1. The number of rotatable bonds is 19. The van der Waals surface area contributed by atoms with Gasteiger partial charge in [-0.25, -0.2) is 4.79 Å². The van der Waals surface area contributed by atoms with E-state index in [9.17, 15) is 9.35 Å². The third-order valence-corrected chi connectivity index (χ3v) is 13.0. The molecule has 0 amide bonds. The summed E-state index contributed by atoms with van der Waals surface area (Å²) in [4.78, 5) is 16.3. The fourth-order valence-electron chi connectivity index (χ4n) is 8.18. The third kappa shape index (κ3) is 9.49. The van der Waals surface area contributed by atoms with Crippen LogP contribution in [0, 0.1) is 0 Å². The molecule has 1 fully saturated rings. The molecule has 1 N–H and O–H groups in total. The van der Waals surface area contributed by atoms with Crippen LogP contribution in [-0.2, 0) is 48.2 Å². The fraction of sp³-hybridized carbons (Fsp3) is 0.391. The number of hydrogen-bond acceptors (Lipinski definition) is 10. The Kier molecular flexibility index (Phi) is 14.7. The van der Waals surface area contributed by atoms with Gasteiger partial charge in [-0.1, -0.05) is 70.5 Å². The van der Waals surface area contributed by atoms with Crippen molar-refractivity contribution in [2.75, 3.05) is 72.0 Å². The molecule has 3 heterocycles. The lowest BCUT2D eigenvalue weighted by Gasteiger charge is -2.36. The number of nitrogens with one attached hydrogen (secondary N) is 1. The topological polar surface area (TPSA) is 112 Å². The summed E-state index contributed by atoms with van der Waals surface area (Å²) in [6.07, 6.45) is 2.16. The van der Waals surface area contributed by atoms with Crippen LogP contribution >= 0.6 is 15.9 Å². The number of benzene rings is 4. The molecule has 318 valence electrons. The van der Waals surface area contributed by atoms with Crippen LogP contribution in [0.2, 0.25) is 0 Å². The van der Waals surface area contributed by atoms with E-state index in [1.807, 2.05) is 80.5 Å². The number of alkyl halides is 1. The van der Waals surface area contributed by atoms with Gasteiger partial charge in [0.05, 0.1) is 37.5 Å². The van der Waals surface area contributed by atoms with Gasteiger partial charge >= 0.3 is 5.97 Å². The van der Waals surface area contributed by atoms with Gasteiger partial charge in [0, 0.05) is 73.7 Å². The summed E-state index contributed by atoms with van der Waals surface area (Å²) in [5.74, 6) is 1.28. The van der Waals surface area contributed by atoms with E-state index in [1.54, 1.807) is 4.31 Å². The molecule has 0 spiro atoms. The maximum absolute atomic E-state index is 14.0. The van der Waals surface area contributed by atoms with E-state index in [-0.39, 0.29) is 19.2 Å². The maximum atomic E-state index is 14.0. The van der Waals surface area contributed by atoms with Gasteiger partial charge in [0.25, 0.3) is 0 Å². The van der Waals surface area contributed by atoms with Crippen molar-refractivity contribution < 1.29 is 23.6 Å². The largest absolute Gasteiger partial charge is 0.578 e. The van der Waals surface area contributed by atoms with Crippen LogP contribution in [0.15, 0.2) is 84.9 Å². The number of anilines is 1. The van der Waals surface area contributed by atoms with Gasteiger partial charge in [-0.2, -0.15) is 5.10 Å². The monoisotopic (exact) mass is 897 g/mol. The van der Waals surface area contributed by atoms with Crippen molar-refractivity contribution in [3.63, 3.8) is 0 Å². The minimum Gasteiger partial charge on any atom is -0.578 e. The first-order valence-electron chi connectivity index (χ1n) is 20.7. The lowest BCUT2D eigenvalue weighted by Crippen LogP contribution is -2.51. The van der Waals surface area contributed by atoms with Crippen LogP contribution in [0.1, 0.15) is 47.2 Å². The van der Waals surface area contributed by atoms with Gasteiger partial charge in [0.15, 0.2) is 0 Å². The molecule has 7 rings (SSSR count). The molecule has 1 unspecified atom stereocenters. The maximum Gasteiger partial charge on any atom is 0.355 e. The Hall–Kier alpha value is -4.57. The second kappa shape index (κ2) is 20.3. The Morgan fingerprint density at radius 3 is 2.40 bits per heavy atom. The van der Waals surface area contributed by atoms with Crippen LogP contribution in [0.5, 0.6) is 11.5 Å². The van der Waals surface area contributed by atoms with Gasteiger partial charge in [-0.15, -0.1) is 8.61 Å². The highest BCUT2D eigenvalue weighted by atomic mass is 79.9. The van der Waals surface area contributed by atoms with E-state index in [0.717, 1.165) is 106 Å². The second-order valence-electron chi connectivity index (χ2n) is 15.1. The van der Waals surface area contributed by atoms with Crippen molar-refractivity contribution in [2.24, 2.45) is 7.05 Å². The molecule has 0 radical (unpaired) electrons.